The Morgan fingerprint density at radius 1 is 1.70 bits per heavy atom. The molecule has 54 valence electrons. The number of fused-ring (bicyclic) bond motifs is 1. The van der Waals surface area contributed by atoms with Crippen LogP contribution >= 0.6 is 27.3 Å². The Kier molecular flexibility index (Phi) is 1.58. The summed E-state index contributed by atoms with van der Waals surface area (Å²) in [4.78, 5) is 0. The van der Waals surface area contributed by atoms with Crippen molar-refractivity contribution < 1.29 is 4.74 Å². The van der Waals surface area contributed by atoms with Crippen molar-refractivity contribution in [3.63, 3.8) is 0 Å². The number of hydrogen-bond donors (Lipinski definition) is 1. The minimum atomic E-state index is 0.774. The first-order valence-corrected chi connectivity index (χ1v) is 4.63. The van der Waals surface area contributed by atoms with Crippen molar-refractivity contribution in [2.45, 2.75) is 0 Å². The molecule has 2 heterocycles. The van der Waals surface area contributed by atoms with Gasteiger partial charge in [0.1, 0.15) is 11.6 Å². The van der Waals surface area contributed by atoms with Crippen LogP contribution in [0.4, 0.5) is 5.00 Å². The van der Waals surface area contributed by atoms with E-state index in [2.05, 4.69) is 21.2 Å². The number of thiophene rings is 1. The van der Waals surface area contributed by atoms with Crippen LogP contribution in [0.5, 0.6) is 5.75 Å². The van der Waals surface area contributed by atoms with Gasteiger partial charge in [0, 0.05) is 12.6 Å². The lowest BCUT2D eigenvalue weighted by atomic mass is 10.5. The van der Waals surface area contributed by atoms with Gasteiger partial charge in [-0.1, -0.05) is 0 Å². The average molecular weight is 220 g/mol. The predicted octanol–water partition coefficient (Wildman–Crippen LogP) is 2.31. The van der Waals surface area contributed by atoms with Crippen LogP contribution in [0.2, 0.25) is 0 Å². The molecule has 1 aromatic heterocycles. The summed E-state index contributed by atoms with van der Waals surface area (Å²) in [7, 11) is 0. The van der Waals surface area contributed by atoms with Crippen LogP contribution in [0.1, 0.15) is 0 Å². The summed E-state index contributed by atoms with van der Waals surface area (Å²) in [6, 6.07) is 1.99. The fourth-order valence-electron chi connectivity index (χ4n) is 0.902. The van der Waals surface area contributed by atoms with Gasteiger partial charge in [0.15, 0.2) is 5.75 Å². The van der Waals surface area contributed by atoms with Crippen LogP contribution < -0.4 is 10.1 Å². The van der Waals surface area contributed by atoms with Gasteiger partial charge in [-0.2, -0.15) is 0 Å². The molecule has 0 unspecified atom stereocenters. The molecule has 0 radical (unpaired) electrons. The maximum atomic E-state index is 5.36. The van der Waals surface area contributed by atoms with E-state index in [1.54, 1.807) is 11.3 Å². The fourth-order valence-corrected chi connectivity index (χ4v) is 2.35. The van der Waals surface area contributed by atoms with Crippen molar-refractivity contribution in [2.24, 2.45) is 0 Å². The normalized spacial score (nSPS) is 15.3. The Labute approximate surface area is 71.3 Å². The molecule has 0 aromatic carbocycles. The third-order valence-electron chi connectivity index (χ3n) is 1.31. The summed E-state index contributed by atoms with van der Waals surface area (Å²) in [5, 5.41) is 4.38. The van der Waals surface area contributed by atoms with Gasteiger partial charge in [-0.05, 0) is 15.9 Å². The van der Waals surface area contributed by atoms with Crippen LogP contribution in [0.15, 0.2) is 9.85 Å². The highest BCUT2D eigenvalue weighted by Crippen LogP contribution is 2.39. The van der Waals surface area contributed by atoms with E-state index in [0.29, 0.717) is 0 Å². The second-order valence-electron chi connectivity index (χ2n) is 2.02. The lowest BCUT2D eigenvalue weighted by Crippen LogP contribution is -2.15. The highest BCUT2D eigenvalue weighted by Gasteiger charge is 2.11. The van der Waals surface area contributed by atoms with E-state index in [4.69, 9.17) is 4.74 Å². The summed E-state index contributed by atoms with van der Waals surface area (Å²) in [6.45, 7) is 1.69. The van der Waals surface area contributed by atoms with Gasteiger partial charge in [0.05, 0.1) is 3.79 Å². The Morgan fingerprint density at radius 3 is 3.40 bits per heavy atom. The topological polar surface area (TPSA) is 21.3 Å². The molecule has 0 amide bonds. The molecular weight excluding hydrogens is 214 g/mol. The zero-order chi connectivity index (χ0) is 6.97. The van der Waals surface area contributed by atoms with E-state index < -0.39 is 0 Å². The molecule has 2 rings (SSSR count). The molecular formula is C6H6BrNOS. The minimum absolute atomic E-state index is 0.774. The van der Waals surface area contributed by atoms with Gasteiger partial charge in [0.2, 0.25) is 0 Å². The number of ether oxygens (including phenoxy) is 1. The number of anilines is 1. The highest BCUT2D eigenvalue weighted by molar-refractivity contribution is 9.11. The zero-order valence-electron chi connectivity index (χ0n) is 5.19. The van der Waals surface area contributed by atoms with Crippen molar-refractivity contribution in [3.05, 3.63) is 9.85 Å². The molecule has 1 aliphatic rings. The molecule has 1 N–H and O–H groups in total. The molecule has 0 fully saturated rings. The Balaban J connectivity index is 2.41. The predicted molar refractivity (Wildman–Crippen MR) is 46.0 cm³/mol. The first kappa shape index (κ1) is 6.49. The molecule has 1 aromatic rings. The quantitative estimate of drug-likeness (QED) is 0.724. The molecule has 0 saturated heterocycles. The van der Waals surface area contributed by atoms with E-state index in [0.717, 1.165) is 27.7 Å². The second-order valence-corrected chi connectivity index (χ2v) is 4.45. The maximum Gasteiger partial charge on any atom is 0.154 e. The molecule has 0 bridgehead atoms. The second kappa shape index (κ2) is 2.43. The largest absolute Gasteiger partial charge is 0.489 e. The fraction of sp³-hybridized carbons (Fsp3) is 0.333. The van der Waals surface area contributed by atoms with E-state index in [1.165, 1.54) is 0 Å². The van der Waals surface area contributed by atoms with Crippen molar-refractivity contribution in [3.8, 4) is 5.75 Å². The molecule has 0 aliphatic carbocycles. The number of rotatable bonds is 0. The summed E-state index contributed by atoms with van der Waals surface area (Å²) in [6.07, 6.45) is 0. The molecule has 4 heteroatoms. The van der Waals surface area contributed by atoms with Crippen LogP contribution in [0.3, 0.4) is 0 Å². The van der Waals surface area contributed by atoms with Crippen molar-refractivity contribution in [1.82, 2.24) is 0 Å². The smallest absolute Gasteiger partial charge is 0.154 e. The van der Waals surface area contributed by atoms with Gasteiger partial charge in [-0.3, -0.25) is 0 Å². The lowest BCUT2D eigenvalue weighted by molar-refractivity contribution is 0.325. The third-order valence-corrected chi connectivity index (χ3v) is 2.89. The summed E-state index contributed by atoms with van der Waals surface area (Å²) >= 11 is 5.06. The van der Waals surface area contributed by atoms with E-state index in [1.807, 2.05) is 6.07 Å². The van der Waals surface area contributed by atoms with Gasteiger partial charge < -0.3 is 10.1 Å². The molecule has 0 spiro atoms. The zero-order valence-corrected chi connectivity index (χ0v) is 7.59. The number of halogens is 1. The van der Waals surface area contributed by atoms with E-state index >= 15 is 0 Å². The van der Waals surface area contributed by atoms with Crippen molar-refractivity contribution >= 4 is 32.3 Å². The molecule has 10 heavy (non-hydrogen) atoms. The molecule has 2 nitrogen and oxygen atoms in total. The van der Waals surface area contributed by atoms with Gasteiger partial charge in [-0.15, -0.1) is 11.3 Å². The maximum absolute atomic E-state index is 5.36. The highest BCUT2D eigenvalue weighted by atomic mass is 79.9. The molecule has 0 saturated carbocycles. The number of hydrogen-bond acceptors (Lipinski definition) is 3. The van der Waals surface area contributed by atoms with Crippen LogP contribution in [-0.4, -0.2) is 13.2 Å². The summed E-state index contributed by atoms with van der Waals surface area (Å²) < 4.78 is 6.48. The first-order valence-electron chi connectivity index (χ1n) is 3.02. The first-order chi connectivity index (χ1) is 4.86. The molecule has 0 atom stereocenters. The standard InChI is InChI=1S/C6H6BrNOS/c7-5-3-4-6(10-5)8-1-2-9-4/h3,8H,1-2H2. The van der Waals surface area contributed by atoms with Crippen molar-refractivity contribution in [2.75, 3.05) is 18.5 Å². The summed E-state index contributed by atoms with van der Waals surface area (Å²) in [5.74, 6) is 0.975. The van der Waals surface area contributed by atoms with E-state index in [9.17, 15) is 0 Å². The van der Waals surface area contributed by atoms with Gasteiger partial charge in [-0.25, -0.2) is 0 Å². The van der Waals surface area contributed by atoms with Crippen LogP contribution in [0.25, 0.3) is 0 Å². The Morgan fingerprint density at radius 2 is 2.60 bits per heavy atom. The van der Waals surface area contributed by atoms with Crippen molar-refractivity contribution in [1.29, 1.82) is 0 Å². The lowest BCUT2D eigenvalue weighted by Gasteiger charge is -2.13. The monoisotopic (exact) mass is 219 g/mol. The Bertz CT molecular complexity index is 224. The third kappa shape index (κ3) is 1.01. The average Bonchev–Trinajstić information content (AvgIpc) is 2.27. The summed E-state index contributed by atoms with van der Waals surface area (Å²) in [5.41, 5.74) is 0. The van der Waals surface area contributed by atoms with Crippen LogP contribution in [-0.2, 0) is 0 Å². The number of nitrogens with one attached hydrogen (secondary N) is 1. The van der Waals surface area contributed by atoms with Crippen LogP contribution in [0, 0.1) is 0 Å². The van der Waals surface area contributed by atoms with Gasteiger partial charge in [0.25, 0.3) is 0 Å². The SMILES string of the molecule is Brc1cc2c(s1)NCCO2. The Hall–Kier alpha value is -0.220. The van der Waals surface area contributed by atoms with Gasteiger partial charge >= 0.3 is 0 Å². The molecule has 1 aliphatic heterocycles. The minimum Gasteiger partial charge on any atom is -0.489 e. The van der Waals surface area contributed by atoms with E-state index in [-0.39, 0.29) is 0 Å².